The maximum atomic E-state index is 11.9. The van der Waals surface area contributed by atoms with E-state index in [-0.39, 0.29) is 12.5 Å². The van der Waals surface area contributed by atoms with E-state index in [1.165, 1.54) is 0 Å². The third-order valence-electron chi connectivity index (χ3n) is 3.38. The number of hydrogen-bond acceptors (Lipinski definition) is 4. The Morgan fingerprint density at radius 2 is 1.72 bits per heavy atom. The van der Waals surface area contributed by atoms with Crippen molar-refractivity contribution in [3.8, 4) is 17.4 Å². The van der Waals surface area contributed by atoms with Crippen LogP contribution in [0.3, 0.4) is 0 Å². The number of amides is 1. The zero-order valence-corrected chi connectivity index (χ0v) is 13.8. The molecule has 0 saturated carbocycles. The Bertz CT molecular complexity index is 816. The molecule has 0 aliphatic heterocycles. The number of pyridine rings is 1. The van der Waals surface area contributed by atoms with Crippen LogP contribution in [0.25, 0.3) is 0 Å². The molecule has 0 spiro atoms. The van der Waals surface area contributed by atoms with Crippen molar-refractivity contribution in [2.45, 2.75) is 6.92 Å². The predicted molar refractivity (Wildman–Crippen MR) is 96.1 cm³/mol. The molecule has 1 amide bonds. The van der Waals surface area contributed by atoms with Crippen LogP contribution in [0.2, 0.25) is 0 Å². The van der Waals surface area contributed by atoms with Crippen LogP contribution in [0.4, 0.5) is 5.69 Å². The van der Waals surface area contributed by atoms with Crippen molar-refractivity contribution < 1.29 is 14.3 Å². The summed E-state index contributed by atoms with van der Waals surface area (Å²) in [6, 6.07) is 20.3. The van der Waals surface area contributed by atoms with Gasteiger partial charge in [0.2, 0.25) is 5.88 Å². The number of hydrogen-bond donors (Lipinski definition) is 1. The van der Waals surface area contributed by atoms with E-state index in [4.69, 9.17) is 9.47 Å². The SMILES string of the molecule is Cc1ccc(Oc2ccc(NC(=O)COc3ccccc3)cn2)cc1. The fourth-order valence-corrected chi connectivity index (χ4v) is 2.10. The summed E-state index contributed by atoms with van der Waals surface area (Å²) < 4.78 is 11.0. The van der Waals surface area contributed by atoms with E-state index in [0.29, 0.717) is 23.1 Å². The molecule has 1 heterocycles. The molecule has 5 nitrogen and oxygen atoms in total. The van der Waals surface area contributed by atoms with E-state index >= 15 is 0 Å². The maximum absolute atomic E-state index is 11.9. The van der Waals surface area contributed by atoms with Crippen LogP contribution in [0.15, 0.2) is 72.9 Å². The molecule has 0 radical (unpaired) electrons. The highest BCUT2D eigenvalue weighted by atomic mass is 16.5. The van der Waals surface area contributed by atoms with Gasteiger partial charge in [0.1, 0.15) is 11.5 Å². The van der Waals surface area contributed by atoms with Gasteiger partial charge in [0.25, 0.3) is 5.91 Å². The Balaban J connectivity index is 1.51. The third-order valence-corrected chi connectivity index (χ3v) is 3.38. The van der Waals surface area contributed by atoms with Gasteiger partial charge in [-0.2, -0.15) is 0 Å². The van der Waals surface area contributed by atoms with E-state index in [2.05, 4.69) is 10.3 Å². The van der Waals surface area contributed by atoms with Gasteiger partial charge in [0.05, 0.1) is 11.9 Å². The van der Waals surface area contributed by atoms with E-state index in [0.717, 1.165) is 5.56 Å². The van der Waals surface area contributed by atoms with Crippen molar-refractivity contribution in [2.75, 3.05) is 11.9 Å². The normalized spacial score (nSPS) is 10.1. The number of para-hydroxylation sites is 1. The van der Waals surface area contributed by atoms with Gasteiger partial charge >= 0.3 is 0 Å². The van der Waals surface area contributed by atoms with E-state index in [1.54, 1.807) is 30.5 Å². The predicted octanol–water partition coefficient (Wildman–Crippen LogP) is 4.20. The molecule has 0 aliphatic rings. The molecule has 126 valence electrons. The first-order valence-corrected chi connectivity index (χ1v) is 7.87. The van der Waals surface area contributed by atoms with Crippen molar-refractivity contribution in [1.82, 2.24) is 4.98 Å². The number of carbonyl (C=O) groups excluding carboxylic acids is 1. The summed E-state index contributed by atoms with van der Waals surface area (Å²) in [5.41, 5.74) is 1.74. The van der Waals surface area contributed by atoms with Crippen molar-refractivity contribution in [1.29, 1.82) is 0 Å². The zero-order chi connectivity index (χ0) is 17.5. The molecular weight excluding hydrogens is 316 g/mol. The monoisotopic (exact) mass is 334 g/mol. The summed E-state index contributed by atoms with van der Waals surface area (Å²) in [7, 11) is 0. The number of carbonyl (C=O) groups is 1. The number of ether oxygens (including phenoxy) is 2. The molecule has 5 heteroatoms. The molecule has 0 bridgehead atoms. The number of nitrogens with one attached hydrogen (secondary N) is 1. The number of rotatable bonds is 6. The molecule has 1 aromatic heterocycles. The lowest BCUT2D eigenvalue weighted by atomic mass is 10.2. The Labute approximate surface area is 146 Å². The van der Waals surface area contributed by atoms with Crippen LogP contribution in [0.5, 0.6) is 17.4 Å². The van der Waals surface area contributed by atoms with Gasteiger partial charge in [-0.15, -0.1) is 0 Å². The van der Waals surface area contributed by atoms with Gasteiger partial charge in [-0.25, -0.2) is 4.98 Å². The number of aromatic nitrogens is 1. The highest BCUT2D eigenvalue weighted by Gasteiger charge is 2.05. The van der Waals surface area contributed by atoms with Crippen LogP contribution >= 0.6 is 0 Å². The third kappa shape index (κ3) is 5.07. The summed E-state index contributed by atoms with van der Waals surface area (Å²) in [5, 5.41) is 2.73. The molecule has 0 unspecified atom stereocenters. The number of benzene rings is 2. The quantitative estimate of drug-likeness (QED) is 0.734. The number of anilines is 1. The lowest BCUT2D eigenvalue weighted by Crippen LogP contribution is -2.20. The van der Waals surface area contributed by atoms with Gasteiger partial charge in [-0.3, -0.25) is 4.79 Å². The van der Waals surface area contributed by atoms with Crippen LogP contribution in [0, 0.1) is 6.92 Å². The molecule has 3 rings (SSSR count). The molecule has 2 aromatic carbocycles. The first kappa shape index (κ1) is 16.5. The summed E-state index contributed by atoms with van der Waals surface area (Å²) >= 11 is 0. The number of nitrogens with zero attached hydrogens (tertiary/aromatic N) is 1. The average molecular weight is 334 g/mol. The fraction of sp³-hybridized carbons (Fsp3) is 0.100. The first-order chi connectivity index (χ1) is 12.2. The topological polar surface area (TPSA) is 60.5 Å². The van der Waals surface area contributed by atoms with Crippen LogP contribution in [-0.4, -0.2) is 17.5 Å². The van der Waals surface area contributed by atoms with Gasteiger partial charge in [0.15, 0.2) is 6.61 Å². The van der Waals surface area contributed by atoms with E-state index in [9.17, 15) is 4.79 Å². The van der Waals surface area contributed by atoms with E-state index < -0.39 is 0 Å². The van der Waals surface area contributed by atoms with Gasteiger partial charge in [0, 0.05) is 6.07 Å². The molecule has 3 aromatic rings. The summed E-state index contributed by atoms with van der Waals surface area (Å²) in [6.45, 7) is 1.95. The summed E-state index contributed by atoms with van der Waals surface area (Å²) in [4.78, 5) is 16.1. The molecule has 1 N–H and O–H groups in total. The second-order valence-corrected chi connectivity index (χ2v) is 5.45. The van der Waals surface area contributed by atoms with Crippen LogP contribution in [-0.2, 0) is 4.79 Å². The van der Waals surface area contributed by atoms with E-state index in [1.807, 2.05) is 49.4 Å². The largest absolute Gasteiger partial charge is 0.484 e. The zero-order valence-electron chi connectivity index (χ0n) is 13.8. The van der Waals surface area contributed by atoms with Crippen molar-refractivity contribution in [2.24, 2.45) is 0 Å². The van der Waals surface area contributed by atoms with Gasteiger partial charge < -0.3 is 14.8 Å². The maximum Gasteiger partial charge on any atom is 0.262 e. The number of aryl methyl sites for hydroxylation is 1. The Hall–Kier alpha value is -3.34. The molecule has 0 saturated heterocycles. The Morgan fingerprint density at radius 1 is 0.960 bits per heavy atom. The molecule has 0 fully saturated rings. The minimum absolute atomic E-state index is 0.0639. The van der Waals surface area contributed by atoms with Crippen LogP contribution < -0.4 is 14.8 Å². The highest BCUT2D eigenvalue weighted by Crippen LogP contribution is 2.20. The highest BCUT2D eigenvalue weighted by molar-refractivity contribution is 5.91. The second-order valence-electron chi connectivity index (χ2n) is 5.45. The molecule has 0 aliphatic carbocycles. The lowest BCUT2D eigenvalue weighted by molar-refractivity contribution is -0.118. The molecular formula is C20H18N2O3. The summed E-state index contributed by atoms with van der Waals surface area (Å²) in [5.74, 6) is 1.57. The lowest BCUT2D eigenvalue weighted by Gasteiger charge is -2.08. The fourth-order valence-electron chi connectivity index (χ4n) is 2.10. The minimum Gasteiger partial charge on any atom is -0.484 e. The van der Waals surface area contributed by atoms with Crippen LogP contribution in [0.1, 0.15) is 5.56 Å². The first-order valence-electron chi connectivity index (χ1n) is 7.87. The van der Waals surface area contributed by atoms with Gasteiger partial charge in [-0.1, -0.05) is 35.9 Å². The second kappa shape index (κ2) is 7.97. The summed E-state index contributed by atoms with van der Waals surface area (Å²) in [6.07, 6.45) is 1.55. The average Bonchev–Trinajstić information content (AvgIpc) is 2.64. The molecule has 25 heavy (non-hydrogen) atoms. The minimum atomic E-state index is -0.252. The molecule has 0 atom stereocenters. The van der Waals surface area contributed by atoms with Crippen molar-refractivity contribution >= 4 is 11.6 Å². The van der Waals surface area contributed by atoms with Crippen molar-refractivity contribution in [3.63, 3.8) is 0 Å². The standard InChI is InChI=1S/C20H18N2O3/c1-15-7-10-18(11-8-15)25-20-12-9-16(13-21-20)22-19(23)14-24-17-5-3-2-4-6-17/h2-13H,14H2,1H3,(H,22,23). The van der Waals surface area contributed by atoms with Crippen molar-refractivity contribution in [3.05, 3.63) is 78.5 Å². The smallest absolute Gasteiger partial charge is 0.262 e. The Morgan fingerprint density at radius 3 is 2.40 bits per heavy atom. The Kier molecular flexibility index (Phi) is 5.26. The van der Waals surface area contributed by atoms with Gasteiger partial charge in [-0.05, 0) is 37.3 Å².